The third-order valence-electron chi connectivity index (χ3n) is 4.34. The second-order valence-corrected chi connectivity index (χ2v) is 6.68. The largest absolute Gasteiger partial charge is 0.469 e. The Kier molecular flexibility index (Phi) is 2.88. The third kappa shape index (κ3) is 1.75. The van der Waals surface area contributed by atoms with Crippen molar-refractivity contribution < 1.29 is 14.0 Å². The number of rotatable bonds is 2. The van der Waals surface area contributed by atoms with Gasteiger partial charge in [-0.25, -0.2) is 9.69 Å². The molecule has 114 valence electrons. The summed E-state index contributed by atoms with van der Waals surface area (Å²) in [5.74, 6) is 0.339. The molecule has 2 aliphatic heterocycles. The van der Waals surface area contributed by atoms with E-state index in [2.05, 4.69) is 5.32 Å². The van der Waals surface area contributed by atoms with Gasteiger partial charge in [0.05, 0.1) is 12.2 Å². The first-order valence-corrected chi connectivity index (χ1v) is 7.92. The highest BCUT2D eigenvalue weighted by Gasteiger charge is 2.61. The van der Waals surface area contributed by atoms with Crippen LogP contribution < -0.4 is 10.2 Å². The number of furan rings is 1. The van der Waals surface area contributed by atoms with Gasteiger partial charge in [-0.1, -0.05) is 0 Å². The lowest BCUT2D eigenvalue weighted by Crippen LogP contribution is -2.52. The molecule has 0 radical (unpaired) electrons. The van der Waals surface area contributed by atoms with Crippen molar-refractivity contribution in [2.75, 3.05) is 25.0 Å². The van der Waals surface area contributed by atoms with Crippen LogP contribution >= 0.6 is 11.3 Å². The molecule has 6 nitrogen and oxygen atoms in total. The van der Waals surface area contributed by atoms with E-state index in [4.69, 9.17) is 4.42 Å². The normalized spacial score (nSPS) is 28.8. The highest BCUT2D eigenvalue weighted by atomic mass is 32.1. The summed E-state index contributed by atoms with van der Waals surface area (Å²) in [7, 11) is 1.94. The number of nitrogens with zero attached hydrogens (tertiary/aromatic N) is 2. The van der Waals surface area contributed by atoms with Crippen molar-refractivity contribution in [1.29, 1.82) is 0 Å². The molecule has 4 heterocycles. The molecular weight excluding hydrogens is 302 g/mol. The van der Waals surface area contributed by atoms with Crippen LogP contribution in [0.2, 0.25) is 0 Å². The molecule has 0 saturated carbocycles. The summed E-state index contributed by atoms with van der Waals surface area (Å²) in [6.45, 7) is 1.14. The van der Waals surface area contributed by atoms with E-state index < -0.39 is 5.54 Å². The number of carbonyl (C=O) groups excluding carboxylic acids is 2. The molecule has 1 N–H and O–H groups in total. The van der Waals surface area contributed by atoms with Gasteiger partial charge in [0.25, 0.3) is 5.91 Å². The van der Waals surface area contributed by atoms with Crippen molar-refractivity contribution in [2.24, 2.45) is 0 Å². The van der Waals surface area contributed by atoms with Crippen LogP contribution in [-0.2, 0) is 4.79 Å². The Morgan fingerprint density at radius 1 is 1.36 bits per heavy atom. The zero-order valence-electron chi connectivity index (χ0n) is 12.0. The minimum Gasteiger partial charge on any atom is -0.469 e. The maximum Gasteiger partial charge on any atom is 0.330 e. The van der Waals surface area contributed by atoms with Crippen LogP contribution in [0.1, 0.15) is 11.7 Å². The second kappa shape index (κ2) is 4.69. The summed E-state index contributed by atoms with van der Waals surface area (Å²) in [6, 6.07) is 6.91. The van der Waals surface area contributed by atoms with E-state index in [0.717, 1.165) is 5.76 Å². The van der Waals surface area contributed by atoms with Crippen LogP contribution in [0, 0.1) is 0 Å². The quantitative estimate of drug-likeness (QED) is 0.859. The van der Waals surface area contributed by atoms with Gasteiger partial charge in [0.2, 0.25) is 0 Å². The summed E-state index contributed by atoms with van der Waals surface area (Å²) in [6.07, 6.45) is 1.60. The minimum atomic E-state index is -0.951. The number of carbonyl (C=O) groups is 2. The predicted molar refractivity (Wildman–Crippen MR) is 82.0 cm³/mol. The maximum absolute atomic E-state index is 13.1. The zero-order chi connectivity index (χ0) is 15.3. The van der Waals surface area contributed by atoms with Crippen LogP contribution in [0.15, 0.2) is 40.3 Å². The lowest BCUT2D eigenvalue weighted by molar-refractivity contribution is -0.122. The van der Waals surface area contributed by atoms with Gasteiger partial charge in [-0.3, -0.25) is 4.79 Å². The Morgan fingerprint density at radius 3 is 2.91 bits per heavy atom. The second-order valence-electron chi connectivity index (χ2n) is 5.76. The monoisotopic (exact) mass is 317 g/mol. The first-order chi connectivity index (χ1) is 10.6. The van der Waals surface area contributed by atoms with Crippen molar-refractivity contribution in [3.8, 4) is 0 Å². The highest BCUT2D eigenvalue weighted by Crippen LogP contribution is 2.41. The Bertz CT molecular complexity index is 712. The number of anilines is 1. The molecule has 3 amide bonds. The zero-order valence-corrected chi connectivity index (χ0v) is 12.8. The summed E-state index contributed by atoms with van der Waals surface area (Å²) < 4.78 is 5.52. The molecule has 2 aromatic heterocycles. The van der Waals surface area contributed by atoms with Crippen molar-refractivity contribution in [3.63, 3.8) is 0 Å². The molecule has 0 bridgehead atoms. The van der Waals surface area contributed by atoms with Gasteiger partial charge < -0.3 is 14.6 Å². The summed E-state index contributed by atoms with van der Waals surface area (Å²) in [5, 5.41) is 5.43. The molecular formula is C15H15N3O3S. The van der Waals surface area contributed by atoms with Crippen molar-refractivity contribution in [1.82, 2.24) is 10.2 Å². The SMILES string of the molecule is CN1C[C@@H](c2ccco2)[C@]2(C1)NC(=O)N(c1cccs1)C2=O. The lowest BCUT2D eigenvalue weighted by Gasteiger charge is -2.26. The molecule has 22 heavy (non-hydrogen) atoms. The minimum absolute atomic E-state index is 0.186. The average Bonchev–Trinajstić information content (AvgIpc) is 3.20. The van der Waals surface area contributed by atoms with E-state index in [1.165, 1.54) is 16.2 Å². The predicted octanol–water partition coefficient (Wildman–Crippen LogP) is 1.87. The molecule has 0 aromatic carbocycles. The summed E-state index contributed by atoms with van der Waals surface area (Å²) in [4.78, 5) is 28.8. The topological polar surface area (TPSA) is 65.8 Å². The van der Waals surface area contributed by atoms with Gasteiger partial charge in [-0.15, -0.1) is 11.3 Å². The van der Waals surface area contributed by atoms with E-state index >= 15 is 0 Å². The molecule has 2 saturated heterocycles. The fourth-order valence-electron chi connectivity index (χ4n) is 3.42. The Labute approximate surface area is 131 Å². The fraction of sp³-hybridized carbons (Fsp3) is 0.333. The van der Waals surface area contributed by atoms with Gasteiger partial charge in [-0.05, 0) is 36.7 Å². The van der Waals surface area contributed by atoms with Gasteiger partial charge in [-0.2, -0.15) is 0 Å². The summed E-state index contributed by atoms with van der Waals surface area (Å²) >= 11 is 1.38. The average molecular weight is 317 g/mol. The molecule has 4 rings (SSSR count). The van der Waals surface area contributed by atoms with Crippen LogP contribution in [0.5, 0.6) is 0 Å². The van der Waals surface area contributed by atoms with E-state index in [9.17, 15) is 9.59 Å². The molecule has 2 atom stereocenters. The molecule has 2 aromatic rings. The van der Waals surface area contributed by atoms with E-state index in [0.29, 0.717) is 18.1 Å². The first kappa shape index (κ1) is 13.5. The van der Waals surface area contributed by atoms with Crippen molar-refractivity contribution in [2.45, 2.75) is 11.5 Å². The van der Waals surface area contributed by atoms with Crippen molar-refractivity contribution in [3.05, 3.63) is 41.7 Å². The Morgan fingerprint density at radius 2 is 2.23 bits per heavy atom. The fourth-order valence-corrected chi connectivity index (χ4v) is 4.15. The van der Waals surface area contributed by atoms with Crippen LogP contribution in [0.25, 0.3) is 0 Å². The lowest BCUT2D eigenvalue weighted by atomic mass is 9.85. The van der Waals surface area contributed by atoms with Crippen LogP contribution in [0.4, 0.5) is 9.80 Å². The maximum atomic E-state index is 13.1. The number of hydrogen-bond donors (Lipinski definition) is 1. The van der Waals surface area contributed by atoms with Crippen LogP contribution in [-0.4, -0.2) is 42.5 Å². The van der Waals surface area contributed by atoms with Gasteiger partial charge in [0.15, 0.2) is 0 Å². The summed E-state index contributed by atoms with van der Waals surface area (Å²) in [5.41, 5.74) is -0.951. The third-order valence-corrected chi connectivity index (χ3v) is 5.19. The van der Waals surface area contributed by atoms with Gasteiger partial charge in [0.1, 0.15) is 16.3 Å². The standard InChI is InChI=1S/C15H15N3O3S/c1-17-8-10(11-4-2-6-21-11)15(9-17)13(19)18(14(20)16-15)12-5-3-7-22-12/h2-7,10H,8-9H2,1H3,(H,16,20)/t10-,15-/m0/s1. The molecule has 0 unspecified atom stereocenters. The van der Waals surface area contributed by atoms with E-state index in [1.807, 2.05) is 29.5 Å². The number of likely N-dealkylation sites (tertiary alicyclic amines) is 1. The first-order valence-electron chi connectivity index (χ1n) is 7.04. The van der Waals surface area contributed by atoms with E-state index in [-0.39, 0.29) is 17.9 Å². The number of urea groups is 1. The number of nitrogens with one attached hydrogen (secondary N) is 1. The number of likely N-dealkylation sites (N-methyl/N-ethyl adjacent to an activating group) is 1. The highest BCUT2D eigenvalue weighted by molar-refractivity contribution is 7.14. The molecule has 1 spiro atoms. The molecule has 7 heteroatoms. The van der Waals surface area contributed by atoms with Crippen LogP contribution in [0.3, 0.4) is 0 Å². The molecule has 2 fully saturated rings. The Hall–Kier alpha value is -2.12. The number of imide groups is 1. The molecule has 2 aliphatic rings. The van der Waals surface area contributed by atoms with Gasteiger partial charge >= 0.3 is 6.03 Å². The number of thiophene rings is 1. The number of amides is 3. The van der Waals surface area contributed by atoms with Gasteiger partial charge in [0, 0.05) is 13.1 Å². The Balaban J connectivity index is 1.77. The molecule has 0 aliphatic carbocycles. The van der Waals surface area contributed by atoms with Crippen molar-refractivity contribution >= 4 is 28.3 Å². The number of hydrogen-bond acceptors (Lipinski definition) is 5. The van der Waals surface area contributed by atoms with E-state index in [1.54, 1.807) is 18.4 Å². The smallest absolute Gasteiger partial charge is 0.330 e.